The van der Waals surface area contributed by atoms with Crippen molar-refractivity contribution in [3.05, 3.63) is 29.8 Å². The minimum atomic E-state index is -4.78. The number of rotatable bonds is 4. The van der Waals surface area contributed by atoms with Crippen LogP contribution in [0.3, 0.4) is 0 Å². The quantitative estimate of drug-likeness (QED) is 0.570. The Bertz CT molecular complexity index is 765. The third-order valence-electron chi connectivity index (χ3n) is 4.38. The molecular weight excluding hydrogens is 388 g/mol. The molecule has 0 radical (unpaired) electrons. The molecule has 4 unspecified atom stereocenters. The van der Waals surface area contributed by atoms with Gasteiger partial charge in [-0.25, -0.2) is 12.8 Å². The highest BCUT2D eigenvalue weighted by Crippen LogP contribution is 2.43. The van der Waals surface area contributed by atoms with Crippen molar-refractivity contribution in [2.24, 2.45) is 5.92 Å². The van der Waals surface area contributed by atoms with Gasteiger partial charge in [0.2, 0.25) is 6.36 Å². The molecule has 4 atom stereocenters. The molecule has 1 fully saturated rings. The van der Waals surface area contributed by atoms with Gasteiger partial charge in [0.15, 0.2) is 9.84 Å². The molecule has 1 heterocycles. The standard InChI is InChI=1S/C14H16F4O5S2/c1-13(10(8-24(19)20)5-6-23-12(13)15)25(21,22)11-4-2-3-9(7-11)14(16,17)18/h2-4,7,10,12H,5-6,8H2,1H3,(H,19,20)/p-1. The van der Waals surface area contributed by atoms with Crippen molar-refractivity contribution < 1.29 is 39.5 Å². The highest BCUT2D eigenvalue weighted by Gasteiger charge is 2.56. The second-order valence-electron chi connectivity index (χ2n) is 5.86. The van der Waals surface area contributed by atoms with Crippen molar-refractivity contribution >= 4 is 20.9 Å². The van der Waals surface area contributed by atoms with Gasteiger partial charge < -0.3 is 9.29 Å². The third kappa shape index (κ3) is 3.74. The van der Waals surface area contributed by atoms with Gasteiger partial charge in [0.05, 0.1) is 17.1 Å². The molecule has 1 aliphatic heterocycles. The highest BCUT2D eigenvalue weighted by atomic mass is 32.2. The Morgan fingerprint density at radius 2 is 2.04 bits per heavy atom. The molecule has 5 nitrogen and oxygen atoms in total. The van der Waals surface area contributed by atoms with Crippen LogP contribution in [0.4, 0.5) is 17.6 Å². The average Bonchev–Trinajstić information content (AvgIpc) is 2.50. The van der Waals surface area contributed by atoms with Crippen molar-refractivity contribution in [1.29, 1.82) is 0 Å². The smallest absolute Gasteiger partial charge is 0.416 e. The van der Waals surface area contributed by atoms with Crippen LogP contribution in [0.5, 0.6) is 0 Å². The predicted molar refractivity (Wildman–Crippen MR) is 79.8 cm³/mol. The van der Waals surface area contributed by atoms with Gasteiger partial charge >= 0.3 is 6.18 Å². The van der Waals surface area contributed by atoms with Crippen LogP contribution in [0.15, 0.2) is 29.2 Å². The van der Waals surface area contributed by atoms with E-state index in [0.717, 1.165) is 19.1 Å². The molecule has 0 N–H and O–H groups in total. The maximum atomic E-state index is 14.4. The molecule has 1 saturated heterocycles. The minimum absolute atomic E-state index is 0.0525. The largest absolute Gasteiger partial charge is 0.772 e. The zero-order valence-electron chi connectivity index (χ0n) is 13.0. The van der Waals surface area contributed by atoms with E-state index in [-0.39, 0.29) is 13.0 Å². The lowest BCUT2D eigenvalue weighted by Crippen LogP contribution is -2.56. The van der Waals surface area contributed by atoms with Crippen molar-refractivity contribution in [2.75, 3.05) is 12.4 Å². The number of halogens is 4. The Hall–Kier alpha value is -1.04. The van der Waals surface area contributed by atoms with E-state index in [4.69, 9.17) is 4.74 Å². The summed E-state index contributed by atoms with van der Waals surface area (Å²) in [4.78, 5) is -0.736. The van der Waals surface area contributed by atoms with Crippen molar-refractivity contribution in [1.82, 2.24) is 0 Å². The molecule has 25 heavy (non-hydrogen) atoms. The fourth-order valence-electron chi connectivity index (χ4n) is 2.80. The maximum Gasteiger partial charge on any atom is 0.416 e. The number of ether oxygens (including phenoxy) is 1. The molecule has 0 amide bonds. The summed E-state index contributed by atoms with van der Waals surface area (Å²) < 4.78 is 103. The van der Waals surface area contributed by atoms with Crippen molar-refractivity contribution in [3.8, 4) is 0 Å². The molecule has 0 spiro atoms. The normalized spacial score (nSPS) is 29.4. The van der Waals surface area contributed by atoms with Gasteiger partial charge in [-0.1, -0.05) is 17.1 Å². The first kappa shape index (κ1) is 20.3. The summed E-state index contributed by atoms with van der Waals surface area (Å²) in [7, 11) is -4.66. The SMILES string of the molecule is CC1(S(=O)(=O)c2cccc(C(F)(F)F)c2)C(CS(=O)[O-])CCOC1F. The number of sulfone groups is 1. The van der Waals surface area contributed by atoms with Crippen LogP contribution in [0.1, 0.15) is 18.9 Å². The van der Waals surface area contributed by atoms with E-state index in [1.54, 1.807) is 0 Å². The fourth-order valence-corrected chi connectivity index (χ4v) is 5.75. The van der Waals surface area contributed by atoms with Gasteiger partial charge in [-0.3, -0.25) is 4.21 Å². The monoisotopic (exact) mass is 403 g/mol. The first-order chi connectivity index (χ1) is 11.4. The Balaban J connectivity index is 2.56. The zero-order chi connectivity index (χ0) is 19.0. The van der Waals surface area contributed by atoms with Crippen LogP contribution in [-0.2, 0) is 31.8 Å². The summed E-state index contributed by atoms with van der Waals surface area (Å²) in [5.74, 6) is -1.80. The second-order valence-corrected chi connectivity index (χ2v) is 9.15. The van der Waals surface area contributed by atoms with Crippen LogP contribution in [0.25, 0.3) is 0 Å². The molecule has 0 bridgehead atoms. The fraction of sp³-hybridized carbons (Fsp3) is 0.571. The predicted octanol–water partition coefficient (Wildman–Crippen LogP) is 2.45. The van der Waals surface area contributed by atoms with E-state index in [1.807, 2.05) is 0 Å². The van der Waals surface area contributed by atoms with E-state index in [0.29, 0.717) is 12.1 Å². The summed E-state index contributed by atoms with van der Waals surface area (Å²) in [5.41, 5.74) is -1.20. The van der Waals surface area contributed by atoms with Crippen LogP contribution >= 0.6 is 0 Å². The minimum Gasteiger partial charge on any atom is -0.772 e. The summed E-state index contributed by atoms with van der Waals surface area (Å²) in [6.07, 6.45) is -7.20. The van der Waals surface area contributed by atoms with Crippen LogP contribution in [0.2, 0.25) is 0 Å². The Morgan fingerprint density at radius 1 is 1.40 bits per heavy atom. The molecule has 1 aromatic carbocycles. The lowest BCUT2D eigenvalue weighted by Gasteiger charge is -2.42. The van der Waals surface area contributed by atoms with Crippen molar-refractivity contribution in [2.45, 2.75) is 35.5 Å². The first-order valence-corrected chi connectivity index (χ1v) is 9.87. The van der Waals surface area contributed by atoms with E-state index < -0.39 is 60.3 Å². The third-order valence-corrected chi connectivity index (χ3v) is 7.61. The molecule has 1 aliphatic rings. The summed E-state index contributed by atoms with van der Waals surface area (Å²) >= 11 is -2.65. The molecular formula is C14H15F4O5S2-. The lowest BCUT2D eigenvalue weighted by atomic mass is 9.90. The van der Waals surface area contributed by atoms with Crippen LogP contribution < -0.4 is 0 Å². The number of alkyl halides is 4. The van der Waals surface area contributed by atoms with Crippen LogP contribution in [0, 0.1) is 5.92 Å². The molecule has 0 aliphatic carbocycles. The van der Waals surface area contributed by atoms with Gasteiger partial charge in [-0.05, 0) is 37.5 Å². The molecule has 142 valence electrons. The highest BCUT2D eigenvalue weighted by molar-refractivity contribution is 7.93. The van der Waals surface area contributed by atoms with Gasteiger partial charge in [0.1, 0.15) is 4.75 Å². The van der Waals surface area contributed by atoms with Crippen LogP contribution in [-0.4, -0.2) is 40.6 Å². The summed E-state index contributed by atoms with van der Waals surface area (Å²) in [5, 5.41) is 0. The van der Waals surface area contributed by atoms with Gasteiger partial charge in [0.25, 0.3) is 0 Å². The maximum absolute atomic E-state index is 14.4. The summed E-state index contributed by atoms with van der Waals surface area (Å²) in [6, 6.07) is 2.92. The lowest BCUT2D eigenvalue weighted by molar-refractivity contribution is -0.137. The molecule has 2 rings (SSSR count). The second kappa shape index (κ2) is 6.93. The summed E-state index contributed by atoms with van der Waals surface area (Å²) in [6.45, 7) is 0.778. The van der Waals surface area contributed by atoms with Gasteiger partial charge in [-0.2, -0.15) is 13.2 Å². The first-order valence-electron chi connectivity index (χ1n) is 7.14. The Labute approximate surface area is 144 Å². The van der Waals surface area contributed by atoms with E-state index in [2.05, 4.69) is 0 Å². The number of benzene rings is 1. The van der Waals surface area contributed by atoms with Crippen molar-refractivity contribution in [3.63, 3.8) is 0 Å². The van der Waals surface area contributed by atoms with E-state index >= 15 is 0 Å². The van der Waals surface area contributed by atoms with Gasteiger partial charge in [-0.15, -0.1) is 0 Å². The Kier molecular flexibility index (Phi) is 5.62. The molecule has 0 aromatic heterocycles. The molecule has 1 aromatic rings. The number of hydrogen-bond acceptors (Lipinski definition) is 5. The van der Waals surface area contributed by atoms with Gasteiger partial charge in [0, 0.05) is 5.75 Å². The molecule has 0 saturated carbocycles. The Morgan fingerprint density at radius 3 is 2.60 bits per heavy atom. The average molecular weight is 403 g/mol. The van der Waals surface area contributed by atoms with E-state index in [1.165, 1.54) is 0 Å². The molecule has 11 heteroatoms. The topological polar surface area (TPSA) is 83.5 Å². The number of hydrogen-bond donors (Lipinski definition) is 0. The van der Waals surface area contributed by atoms with E-state index in [9.17, 15) is 34.7 Å². The zero-order valence-corrected chi connectivity index (χ0v) is 14.6.